The maximum absolute atomic E-state index is 9.73. The smallest absolute Gasteiger partial charge is 0.118 e. The number of methoxy groups -OCH3 is 1. The highest BCUT2D eigenvalue weighted by Gasteiger charge is 2.28. The molecule has 0 saturated heterocycles. The van der Waals surface area contributed by atoms with Crippen molar-refractivity contribution in [2.45, 2.75) is 31.8 Å². The second-order valence-corrected chi connectivity index (χ2v) is 4.29. The monoisotopic (exact) mass is 206 g/mol. The standard InChI is InChI=1S/C13H18O2/c1-15-12-7-2-10(3-8-12)4-9-13(14)11-5-6-11/h2-3,7-8,11,13-14H,4-6,9H2,1H3/t13-/m0/s1. The zero-order valence-electron chi connectivity index (χ0n) is 9.15. The number of rotatable bonds is 5. The molecule has 0 amide bonds. The Bertz CT molecular complexity index is 301. The van der Waals surface area contributed by atoms with Crippen LogP contribution < -0.4 is 4.74 Å². The topological polar surface area (TPSA) is 29.5 Å². The Balaban J connectivity index is 1.81. The molecule has 15 heavy (non-hydrogen) atoms. The minimum Gasteiger partial charge on any atom is -0.497 e. The molecule has 1 N–H and O–H groups in total. The van der Waals surface area contributed by atoms with E-state index in [0.29, 0.717) is 5.92 Å². The van der Waals surface area contributed by atoms with Crippen LogP contribution in [0.1, 0.15) is 24.8 Å². The lowest BCUT2D eigenvalue weighted by Gasteiger charge is -2.08. The van der Waals surface area contributed by atoms with Crippen LogP contribution in [0, 0.1) is 5.92 Å². The predicted molar refractivity (Wildman–Crippen MR) is 60.0 cm³/mol. The van der Waals surface area contributed by atoms with Gasteiger partial charge in [-0.2, -0.15) is 0 Å². The van der Waals surface area contributed by atoms with Crippen molar-refractivity contribution in [3.8, 4) is 5.75 Å². The number of aliphatic hydroxyl groups is 1. The zero-order valence-corrected chi connectivity index (χ0v) is 9.15. The molecule has 2 heteroatoms. The Morgan fingerprint density at radius 2 is 2.00 bits per heavy atom. The summed E-state index contributed by atoms with van der Waals surface area (Å²) >= 11 is 0. The molecule has 82 valence electrons. The van der Waals surface area contributed by atoms with Crippen molar-refractivity contribution in [2.75, 3.05) is 7.11 Å². The van der Waals surface area contributed by atoms with Crippen LogP contribution in [-0.4, -0.2) is 18.3 Å². The number of ether oxygens (including phenoxy) is 1. The van der Waals surface area contributed by atoms with Gasteiger partial charge < -0.3 is 9.84 Å². The second kappa shape index (κ2) is 4.67. The summed E-state index contributed by atoms with van der Waals surface area (Å²) in [5.41, 5.74) is 1.27. The summed E-state index contributed by atoms with van der Waals surface area (Å²) in [7, 11) is 1.67. The van der Waals surface area contributed by atoms with Gasteiger partial charge in [-0.05, 0) is 49.3 Å². The van der Waals surface area contributed by atoms with Crippen molar-refractivity contribution in [1.82, 2.24) is 0 Å². The molecule has 0 bridgehead atoms. The van der Waals surface area contributed by atoms with Crippen molar-refractivity contribution < 1.29 is 9.84 Å². The quantitative estimate of drug-likeness (QED) is 0.801. The number of aryl methyl sites for hydroxylation is 1. The summed E-state index contributed by atoms with van der Waals surface area (Å²) in [6.45, 7) is 0. The van der Waals surface area contributed by atoms with Crippen LogP contribution >= 0.6 is 0 Å². The first-order valence-electron chi connectivity index (χ1n) is 5.60. The molecule has 2 nitrogen and oxygen atoms in total. The van der Waals surface area contributed by atoms with Crippen molar-refractivity contribution in [3.63, 3.8) is 0 Å². The molecule has 1 aromatic carbocycles. The predicted octanol–water partition coefficient (Wildman–Crippen LogP) is 2.40. The highest BCUT2D eigenvalue weighted by Crippen LogP contribution is 2.34. The van der Waals surface area contributed by atoms with E-state index in [1.165, 1.54) is 18.4 Å². The zero-order chi connectivity index (χ0) is 10.7. The van der Waals surface area contributed by atoms with Gasteiger partial charge in [-0.1, -0.05) is 12.1 Å². The molecule has 0 aromatic heterocycles. The molecule has 0 unspecified atom stereocenters. The van der Waals surface area contributed by atoms with E-state index in [9.17, 15) is 5.11 Å². The van der Waals surface area contributed by atoms with Gasteiger partial charge in [0.2, 0.25) is 0 Å². The largest absolute Gasteiger partial charge is 0.497 e. The summed E-state index contributed by atoms with van der Waals surface area (Å²) < 4.78 is 5.09. The number of benzene rings is 1. The fourth-order valence-corrected chi connectivity index (χ4v) is 1.82. The summed E-state index contributed by atoms with van der Waals surface area (Å²) in [5, 5.41) is 9.73. The third-order valence-electron chi connectivity index (χ3n) is 3.05. The van der Waals surface area contributed by atoms with E-state index in [0.717, 1.165) is 18.6 Å². The van der Waals surface area contributed by atoms with E-state index in [4.69, 9.17) is 4.74 Å². The van der Waals surface area contributed by atoms with Crippen LogP contribution in [0.25, 0.3) is 0 Å². The van der Waals surface area contributed by atoms with E-state index in [2.05, 4.69) is 12.1 Å². The highest BCUT2D eigenvalue weighted by molar-refractivity contribution is 5.27. The summed E-state index contributed by atoms with van der Waals surface area (Å²) in [5.74, 6) is 1.48. The maximum Gasteiger partial charge on any atom is 0.118 e. The van der Waals surface area contributed by atoms with Crippen LogP contribution in [0.3, 0.4) is 0 Å². The summed E-state index contributed by atoms with van der Waals surface area (Å²) in [4.78, 5) is 0. The van der Waals surface area contributed by atoms with Gasteiger partial charge in [0.25, 0.3) is 0 Å². The molecule has 1 aromatic rings. The fraction of sp³-hybridized carbons (Fsp3) is 0.538. The van der Waals surface area contributed by atoms with Gasteiger partial charge in [-0.25, -0.2) is 0 Å². The van der Waals surface area contributed by atoms with E-state index in [-0.39, 0.29) is 6.10 Å². The second-order valence-electron chi connectivity index (χ2n) is 4.29. The normalized spacial score (nSPS) is 17.5. The average molecular weight is 206 g/mol. The third kappa shape index (κ3) is 2.96. The maximum atomic E-state index is 9.73. The average Bonchev–Trinajstić information content (AvgIpc) is 3.10. The lowest BCUT2D eigenvalue weighted by molar-refractivity contribution is 0.142. The Morgan fingerprint density at radius 3 is 2.53 bits per heavy atom. The lowest BCUT2D eigenvalue weighted by Crippen LogP contribution is -2.09. The van der Waals surface area contributed by atoms with Gasteiger partial charge in [0.15, 0.2) is 0 Å². The minimum atomic E-state index is -0.0906. The van der Waals surface area contributed by atoms with Crippen molar-refractivity contribution >= 4 is 0 Å². The first-order chi connectivity index (χ1) is 7.29. The Labute approximate surface area is 90.9 Å². The van der Waals surface area contributed by atoms with Gasteiger partial charge in [0.1, 0.15) is 5.75 Å². The van der Waals surface area contributed by atoms with Crippen LogP contribution in [0.2, 0.25) is 0 Å². The number of hydrogen-bond donors (Lipinski definition) is 1. The highest BCUT2D eigenvalue weighted by atomic mass is 16.5. The molecule has 0 radical (unpaired) electrons. The lowest BCUT2D eigenvalue weighted by atomic mass is 10.0. The van der Waals surface area contributed by atoms with Crippen LogP contribution in [0.4, 0.5) is 0 Å². The molecular formula is C13H18O2. The van der Waals surface area contributed by atoms with E-state index < -0.39 is 0 Å². The van der Waals surface area contributed by atoms with Gasteiger partial charge in [0.05, 0.1) is 13.2 Å². The van der Waals surface area contributed by atoms with Gasteiger partial charge in [-0.15, -0.1) is 0 Å². The van der Waals surface area contributed by atoms with Gasteiger partial charge >= 0.3 is 0 Å². The first kappa shape index (κ1) is 10.5. The van der Waals surface area contributed by atoms with Crippen molar-refractivity contribution in [2.24, 2.45) is 5.92 Å². The van der Waals surface area contributed by atoms with E-state index >= 15 is 0 Å². The van der Waals surface area contributed by atoms with Crippen LogP contribution in [0.5, 0.6) is 5.75 Å². The van der Waals surface area contributed by atoms with Crippen molar-refractivity contribution in [3.05, 3.63) is 29.8 Å². The molecule has 1 aliphatic carbocycles. The molecule has 1 saturated carbocycles. The van der Waals surface area contributed by atoms with Crippen LogP contribution in [0.15, 0.2) is 24.3 Å². The molecular weight excluding hydrogens is 188 g/mol. The molecule has 1 atom stereocenters. The molecule has 0 heterocycles. The number of hydrogen-bond acceptors (Lipinski definition) is 2. The summed E-state index contributed by atoms with van der Waals surface area (Å²) in [6.07, 6.45) is 4.18. The Kier molecular flexibility index (Phi) is 3.27. The molecule has 0 aliphatic heterocycles. The van der Waals surface area contributed by atoms with Crippen LogP contribution in [-0.2, 0) is 6.42 Å². The molecule has 1 fully saturated rings. The molecule has 0 spiro atoms. The SMILES string of the molecule is COc1ccc(CC[C@H](O)C2CC2)cc1. The van der Waals surface area contributed by atoms with Gasteiger partial charge in [-0.3, -0.25) is 0 Å². The number of aliphatic hydroxyl groups excluding tert-OH is 1. The minimum absolute atomic E-state index is 0.0906. The molecule has 2 rings (SSSR count). The fourth-order valence-electron chi connectivity index (χ4n) is 1.82. The third-order valence-corrected chi connectivity index (χ3v) is 3.05. The van der Waals surface area contributed by atoms with Gasteiger partial charge in [0, 0.05) is 0 Å². The van der Waals surface area contributed by atoms with E-state index in [1.54, 1.807) is 7.11 Å². The Morgan fingerprint density at radius 1 is 1.33 bits per heavy atom. The van der Waals surface area contributed by atoms with E-state index in [1.807, 2.05) is 12.1 Å². The molecule has 1 aliphatic rings. The van der Waals surface area contributed by atoms with Crippen molar-refractivity contribution in [1.29, 1.82) is 0 Å². The first-order valence-corrected chi connectivity index (χ1v) is 5.60. The Hall–Kier alpha value is -1.02. The summed E-state index contributed by atoms with van der Waals surface area (Å²) in [6, 6.07) is 8.08.